The van der Waals surface area contributed by atoms with Crippen LogP contribution in [0.25, 0.3) is 0 Å². The zero-order valence-corrected chi connectivity index (χ0v) is 11.9. The van der Waals surface area contributed by atoms with Crippen LogP contribution in [0.3, 0.4) is 0 Å². The van der Waals surface area contributed by atoms with E-state index in [-0.39, 0.29) is 5.92 Å². The molecule has 2 nitrogen and oxygen atoms in total. The maximum atomic E-state index is 12.1. The molecule has 0 aromatic rings. The summed E-state index contributed by atoms with van der Waals surface area (Å²) in [5, 5.41) is 0. The Hall–Kier alpha value is -0.530. The predicted octanol–water partition coefficient (Wildman–Crippen LogP) is 3.71. The van der Waals surface area contributed by atoms with Gasteiger partial charge in [0.2, 0.25) is 5.91 Å². The summed E-state index contributed by atoms with van der Waals surface area (Å²) in [6.07, 6.45) is 4.34. The smallest absolute Gasteiger partial charge is 0.225 e. The molecule has 0 saturated heterocycles. The van der Waals surface area contributed by atoms with Crippen molar-refractivity contribution >= 4 is 5.91 Å². The van der Waals surface area contributed by atoms with Crippen LogP contribution in [0.4, 0.5) is 0 Å². The molecule has 0 saturated carbocycles. The Bertz CT molecular complexity index is 203. The van der Waals surface area contributed by atoms with Crippen LogP contribution in [0.2, 0.25) is 0 Å². The Morgan fingerprint density at radius 2 is 1.69 bits per heavy atom. The third kappa shape index (κ3) is 4.15. The summed E-state index contributed by atoms with van der Waals surface area (Å²) in [6, 6.07) is 0.413. The largest absolute Gasteiger partial charge is 0.342 e. The summed E-state index contributed by atoms with van der Waals surface area (Å²) in [7, 11) is 1.97. The maximum Gasteiger partial charge on any atom is 0.225 e. The molecular weight excluding hydrogens is 198 g/mol. The van der Waals surface area contributed by atoms with Gasteiger partial charge in [-0.15, -0.1) is 0 Å². The highest BCUT2D eigenvalue weighted by Gasteiger charge is 2.25. The first-order chi connectivity index (χ1) is 7.49. The summed E-state index contributed by atoms with van der Waals surface area (Å²) in [5.41, 5.74) is 0. The lowest BCUT2D eigenvalue weighted by molar-refractivity contribution is -0.137. The normalized spacial score (nSPS) is 16.6. The van der Waals surface area contributed by atoms with Crippen molar-refractivity contribution in [3.8, 4) is 0 Å². The standard InChI is InChI=1S/C14H29NO/c1-7-10-13(11(4)8-2)15(6)14(16)12(5)9-3/h11-13H,7-10H2,1-6H3. The average molecular weight is 227 g/mol. The quantitative estimate of drug-likeness (QED) is 0.649. The van der Waals surface area contributed by atoms with Gasteiger partial charge in [0.25, 0.3) is 0 Å². The van der Waals surface area contributed by atoms with E-state index in [0.717, 1.165) is 25.7 Å². The van der Waals surface area contributed by atoms with Gasteiger partial charge in [0.1, 0.15) is 0 Å². The second kappa shape index (κ2) is 7.70. The highest BCUT2D eigenvalue weighted by molar-refractivity contribution is 5.78. The zero-order chi connectivity index (χ0) is 12.7. The van der Waals surface area contributed by atoms with Gasteiger partial charge in [0, 0.05) is 19.0 Å². The fourth-order valence-electron chi connectivity index (χ4n) is 2.11. The summed E-state index contributed by atoms with van der Waals surface area (Å²) in [5.74, 6) is 1.06. The highest BCUT2D eigenvalue weighted by atomic mass is 16.2. The topological polar surface area (TPSA) is 20.3 Å². The summed E-state index contributed by atoms with van der Waals surface area (Å²) in [6.45, 7) is 10.7. The fourth-order valence-corrected chi connectivity index (χ4v) is 2.11. The van der Waals surface area contributed by atoms with Crippen LogP contribution in [0.1, 0.15) is 60.3 Å². The molecule has 3 unspecified atom stereocenters. The molecule has 0 fully saturated rings. The molecule has 1 amide bonds. The lowest BCUT2D eigenvalue weighted by Crippen LogP contribution is -2.43. The Balaban J connectivity index is 4.59. The summed E-state index contributed by atoms with van der Waals surface area (Å²) in [4.78, 5) is 14.1. The van der Waals surface area contributed by atoms with E-state index in [2.05, 4.69) is 27.7 Å². The molecule has 0 radical (unpaired) electrons. The van der Waals surface area contributed by atoms with Gasteiger partial charge in [0.15, 0.2) is 0 Å². The van der Waals surface area contributed by atoms with E-state index >= 15 is 0 Å². The molecule has 16 heavy (non-hydrogen) atoms. The lowest BCUT2D eigenvalue weighted by atomic mass is 9.93. The minimum absolute atomic E-state index is 0.161. The highest BCUT2D eigenvalue weighted by Crippen LogP contribution is 2.20. The Morgan fingerprint density at radius 3 is 2.06 bits per heavy atom. The maximum absolute atomic E-state index is 12.1. The third-order valence-corrected chi connectivity index (χ3v) is 3.76. The van der Waals surface area contributed by atoms with Crippen molar-refractivity contribution < 1.29 is 4.79 Å². The summed E-state index contributed by atoms with van der Waals surface area (Å²) >= 11 is 0. The average Bonchev–Trinajstić information content (AvgIpc) is 2.32. The first-order valence-electron chi connectivity index (χ1n) is 6.76. The van der Waals surface area contributed by atoms with Crippen LogP contribution in [0, 0.1) is 11.8 Å². The van der Waals surface area contributed by atoms with Gasteiger partial charge in [0.05, 0.1) is 0 Å². The van der Waals surface area contributed by atoms with Crippen molar-refractivity contribution in [1.29, 1.82) is 0 Å². The number of rotatable bonds is 7. The first-order valence-corrected chi connectivity index (χ1v) is 6.76. The van der Waals surface area contributed by atoms with Crippen molar-refractivity contribution in [1.82, 2.24) is 4.90 Å². The fraction of sp³-hybridized carbons (Fsp3) is 0.929. The molecule has 0 aliphatic rings. The number of hydrogen-bond acceptors (Lipinski definition) is 1. The van der Waals surface area contributed by atoms with E-state index in [1.807, 2.05) is 18.9 Å². The zero-order valence-electron chi connectivity index (χ0n) is 11.9. The molecule has 0 N–H and O–H groups in total. The third-order valence-electron chi connectivity index (χ3n) is 3.76. The van der Waals surface area contributed by atoms with E-state index in [4.69, 9.17) is 0 Å². The first kappa shape index (κ1) is 15.5. The Kier molecular flexibility index (Phi) is 7.44. The van der Waals surface area contributed by atoms with Crippen molar-refractivity contribution in [3.63, 3.8) is 0 Å². The second-order valence-corrected chi connectivity index (χ2v) is 5.00. The van der Waals surface area contributed by atoms with E-state index in [1.54, 1.807) is 0 Å². The number of carbonyl (C=O) groups is 1. The van der Waals surface area contributed by atoms with E-state index in [9.17, 15) is 4.79 Å². The van der Waals surface area contributed by atoms with Crippen LogP contribution < -0.4 is 0 Å². The number of amides is 1. The van der Waals surface area contributed by atoms with E-state index < -0.39 is 0 Å². The molecule has 3 atom stereocenters. The molecule has 0 bridgehead atoms. The Labute approximate surface area is 101 Å². The molecule has 0 heterocycles. The minimum Gasteiger partial charge on any atom is -0.342 e. The van der Waals surface area contributed by atoms with Crippen molar-refractivity contribution in [2.24, 2.45) is 11.8 Å². The van der Waals surface area contributed by atoms with E-state index in [1.165, 1.54) is 0 Å². The van der Waals surface area contributed by atoms with Gasteiger partial charge in [-0.1, -0.05) is 47.5 Å². The Morgan fingerprint density at radius 1 is 1.12 bits per heavy atom. The molecule has 96 valence electrons. The number of hydrogen-bond donors (Lipinski definition) is 0. The van der Waals surface area contributed by atoms with Gasteiger partial charge in [-0.05, 0) is 18.8 Å². The van der Waals surface area contributed by atoms with Crippen LogP contribution >= 0.6 is 0 Å². The molecule has 0 rings (SSSR count). The minimum atomic E-state index is 0.161. The van der Waals surface area contributed by atoms with Crippen LogP contribution in [-0.4, -0.2) is 23.9 Å². The van der Waals surface area contributed by atoms with Gasteiger partial charge >= 0.3 is 0 Å². The van der Waals surface area contributed by atoms with Crippen LogP contribution in [0.5, 0.6) is 0 Å². The number of carbonyl (C=O) groups excluding carboxylic acids is 1. The molecule has 0 aromatic heterocycles. The van der Waals surface area contributed by atoms with Crippen molar-refractivity contribution in [2.45, 2.75) is 66.3 Å². The molecule has 0 spiro atoms. The number of nitrogens with zero attached hydrogens (tertiary/aromatic N) is 1. The van der Waals surface area contributed by atoms with Crippen LogP contribution in [0.15, 0.2) is 0 Å². The molecular formula is C14H29NO. The van der Waals surface area contributed by atoms with Crippen molar-refractivity contribution in [2.75, 3.05) is 7.05 Å². The van der Waals surface area contributed by atoms with Crippen molar-refractivity contribution in [3.05, 3.63) is 0 Å². The SMILES string of the molecule is CCCC(C(C)CC)N(C)C(=O)C(C)CC. The van der Waals surface area contributed by atoms with Gasteiger partial charge in [-0.3, -0.25) is 4.79 Å². The monoisotopic (exact) mass is 227 g/mol. The molecule has 0 aliphatic heterocycles. The van der Waals surface area contributed by atoms with Gasteiger partial charge < -0.3 is 4.90 Å². The predicted molar refractivity (Wildman–Crippen MR) is 70.4 cm³/mol. The molecule has 0 aliphatic carbocycles. The summed E-state index contributed by atoms with van der Waals surface area (Å²) < 4.78 is 0. The van der Waals surface area contributed by atoms with Gasteiger partial charge in [-0.25, -0.2) is 0 Å². The molecule has 0 aromatic carbocycles. The van der Waals surface area contributed by atoms with Crippen LogP contribution in [-0.2, 0) is 4.79 Å². The molecule has 2 heteroatoms. The van der Waals surface area contributed by atoms with Gasteiger partial charge in [-0.2, -0.15) is 0 Å². The van der Waals surface area contributed by atoms with E-state index in [0.29, 0.717) is 17.9 Å². The second-order valence-electron chi connectivity index (χ2n) is 5.00. The lowest BCUT2D eigenvalue weighted by Gasteiger charge is -2.34.